The van der Waals surface area contributed by atoms with E-state index >= 15 is 0 Å². The first-order chi connectivity index (χ1) is 21.5. The zero-order valence-electron chi connectivity index (χ0n) is 23.2. The van der Waals surface area contributed by atoms with Crippen LogP contribution in [0.1, 0.15) is 26.9 Å². The molecule has 4 aromatic carbocycles. The molecule has 0 saturated heterocycles. The largest absolute Gasteiger partial charge is 0.564 e. The second-order valence-corrected chi connectivity index (χ2v) is 14.2. The van der Waals surface area contributed by atoms with Crippen LogP contribution in [0, 0.1) is 0 Å². The van der Waals surface area contributed by atoms with Crippen molar-refractivity contribution >= 4 is 57.9 Å². The molecule has 44 heavy (non-hydrogen) atoms. The Morgan fingerprint density at radius 2 is 1.57 bits per heavy atom. The summed E-state index contributed by atoms with van der Waals surface area (Å²) < 4.78 is 32.7. The van der Waals surface area contributed by atoms with E-state index in [-0.39, 0.29) is 11.8 Å². The molecule has 2 aromatic heterocycles. The number of phenolic OH excluding ortho intramolecular Hbond substituents is 1. The molecule has 7 rings (SSSR count). The molecule has 0 saturated carbocycles. The van der Waals surface area contributed by atoms with Gasteiger partial charge >= 0.3 is 7.75 Å². The van der Waals surface area contributed by atoms with Gasteiger partial charge in [0.2, 0.25) is 0 Å². The maximum absolute atomic E-state index is 14.7. The molecule has 1 aliphatic heterocycles. The van der Waals surface area contributed by atoms with Gasteiger partial charge < -0.3 is 19.1 Å². The van der Waals surface area contributed by atoms with E-state index in [0.29, 0.717) is 35.3 Å². The average molecular weight is 657 g/mol. The van der Waals surface area contributed by atoms with Crippen molar-refractivity contribution in [3.05, 3.63) is 147 Å². The number of aromatic hydroxyl groups is 1. The summed E-state index contributed by atoms with van der Waals surface area (Å²) in [5, 5.41) is 14.2. The van der Waals surface area contributed by atoms with Gasteiger partial charge in [0.15, 0.2) is 0 Å². The zero-order chi connectivity index (χ0) is 30.1. The first-order valence-electron chi connectivity index (χ1n) is 13.9. The van der Waals surface area contributed by atoms with E-state index in [1.165, 1.54) is 0 Å². The summed E-state index contributed by atoms with van der Waals surface area (Å²) in [5.74, 6) is 1.47. The Morgan fingerprint density at radius 3 is 2.23 bits per heavy atom. The van der Waals surface area contributed by atoms with Crippen LogP contribution in [0.25, 0.3) is 10.1 Å². The molecule has 0 amide bonds. The van der Waals surface area contributed by atoms with Crippen LogP contribution in [-0.4, -0.2) is 15.8 Å². The maximum atomic E-state index is 14.7. The third-order valence-corrected chi connectivity index (χ3v) is 11.3. The average Bonchev–Trinajstić information content (AvgIpc) is 3.67. The molecular weight excluding hydrogens is 631 g/mol. The van der Waals surface area contributed by atoms with Crippen molar-refractivity contribution in [3.63, 3.8) is 0 Å². The zero-order valence-corrected chi connectivity index (χ0v) is 26.5. The first kappa shape index (κ1) is 28.7. The van der Waals surface area contributed by atoms with Crippen molar-refractivity contribution in [2.75, 3.05) is 0 Å². The van der Waals surface area contributed by atoms with E-state index in [1.54, 1.807) is 83.3 Å². The van der Waals surface area contributed by atoms with Crippen molar-refractivity contribution in [1.82, 2.24) is 4.90 Å². The maximum Gasteiger partial charge on any atom is 0.564 e. The minimum atomic E-state index is -4.17. The third-order valence-electron chi connectivity index (χ3n) is 7.31. The Hall–Kier alpha value is -4.07. The number of hydrogen-bond donors (Lipinski definition) is 1. The molecule has 1 N–H and O–H groups in total. The van der Waals surface area contributed by atoms with Crippen molar-refractivity contribution in [3.8, 4) is 17.2 Å². The highest BCUT2D eigenvalue weighted by molar-refractivity contribution is 7.53. The summed E-state index contributed by atoms with van der Waals surface area (Å²) >= 11 is 10.2. The fourth-order valence-electron chi connectivity index (χ4n) is 5.37. The highest BCUT2D eigenvalue weighted by atomic mass is 35.5. The molecule has 6 aromatic rings. The SMILES string of the molecule is O=P(/N=C1/Cc2ccc(O)cc2C(c2cccs2)N1Cc1sc2ccccc2c1Cl)(Oc1ccccc1)Oc1ccccc1. The van der Waals surface area contributed by atoms with E-state index in [0.717, 1.165) is 31.0 Å². The van der Waals surface area contributed by atoms with Gasteiger partial charge in [-0.15, -0.1) is 27.4 Å². The normalized spacial score (nSPS) is 15.8. The number of thiophene rings is 2. The monoisotopic (exact) mass is 656 g/mol. The summed E-state index contributed by atoms with van der Waals surface area (Å²) in [6.45, 7) is 0.394. The number of halogens is 1. The number of fused-ring (bicyclic) bond motifs is 2. The lowest BCUT2D eigenvalue weighted by Gasteiger charge is -2.39. The second kappa shape index (κ2) is 12.1. The Labute approximate surface area is 268 Å². The summed E-state index contributed by atoms with van der Waals surface area (Å²) in [7, 11) is -4.17. The third kappa shape index (κ3) is 5.86. The molecule has 6 nitrogen and oxygen atoms in total. The Balaban J connectivity index is 1.40. The van der Waals surface area contributed by atoms with E-state index < -0.39 is 7.75 Å². The first-order valence-corrected chi connectivity index (χ1v) is 17.5. The Kier molecular flexibility index (Phi) is 7.91. The highest BCUT2D eigenvalue weighted by Gasteiger charge is 2.38. The molecule has 10 heteroatoms. The fourth-order valence-corrected chi connectivity index (χ4v) is 9.08. The lowest BCUT2D eigenvalue weighted by molar-refractivity contribution is 0.335. The molecule has 0 radical (unpaired) electrons. The number of phenols is 1. The lowest BCUT2D eigenvalue weighted by Crippen LogP contribution is -2.40. The molecule has 0 fully saturated rings. The second-order valence-electron chi connectivity index (χ2n) is 10.2. The number of amidine groups is 1. The molecule has 1 atom stereocenters. The minimum Gasteiger partial charge on any atom is -0.508 e. The van der Waals surface area contributed by atoms with Crippen LogP contribution >= 0.6 is 42.0 Å². The van der Waals surface area contributed by atoms with Gasteiger partial charge in [-0.2, -0.15) is 0 Å². The van der Waals surface area contributed by atoms with Gasteiger partial charge in [0.25, 0.3) is 0 Å². The van der Waals surface area contributed by atoms with Crippen LogP contribution in [0.2, 0.25) is 5.02 Å². The van der Waals surface area contributed by atoms with E-state index in [4.69, 9.17) is 25.4 Å². The molecule has 1 aliphatic rings. The smallest absolute Gasteiger partial charge is 0.508 e. The summed E-state index contributed by atoms with van der Waals surface area (Å²) in [6, 6.07) is 35.0. The van der Waals surface area contributed by atoms with Crippen molar-refractivity contribution in [1.29, 1.82) is 0 Å². The number of benzene rings is 4. The topological polar surface area (TPSA) is 71.4 Å². The van der Waals surface area contributed by atoms with E-state index in [9.17, 15) is 9.67 Å². The molecule has 0 spiro atoms. The fraction of sp³-hybridized carbons (Fsp3) is 0.0882. The number of nitrogens with zero attached hydrogens (tertiary/aromatic N) is 2. The van der Waals surface area contributed by atoms with Gasteiger partial charge in [0, 0.05) is 26.3 Å². The Morgan fingerprint density at radius 1 is 0.886 bits per heavy atom. The molecule has 1 unspecified atom stereocenters. The van der Waals surface area contributed by atoms with Gasteiger partial charge in [0.1, 0.15) is 23.1 Å². The van der Waals surface area contributed by atoms with Crippen LogP contribution < -0.4 is 9.05 Å². The molecule has 0 bridgehead atoms. The summed E-state index contributed by atoms with van der Waals surface area (Å²) in [6.07, 6.45) is 0.348. The molecule has 220 valence electrons. The minimum absolute atomic E-state index is 0.177. The van der Waals surface area contributed by atoms with Crippen LogP contribution in [0.5, 0.6) is 17.2 Å². The van der Waals surface area contributed by atoms with Crippen LogP contribution in [0.3, 0.4) is 0 Å². The quantitative estimate of drug-likeness (QED) is 0.165. The summed E-state index contributed by atoms with van der Waals surface area (Å²) in [4.78, 5) is 4.11. The number of hydrogen-bond acceptors (Lipinski definition) is 6. The van der Waals surface area contributed by atoms with Crippen LogP contribution in [0.15, 0.2) is 125 Å². The Bertz CT molecular complexity index is 1950. The van der Waals surface area contributed by atoms with E-state index in [2.05, 4.69) is 17.0 Å². The molecule has 0 aliphatic carbocycles. The highest BCUT2D eigenvalue weighted by Crippen LogP contribution is 2.52. The standard InChI is InChI=1S/C34H26ClN2O4PS2/c35-33-27-14-7-8-15-29(27)44-31(33)22-37-32(20-23-17-18-24(38)21-28(23)34(37)30-16-9-19-43-30)36-42(39,40-25-10-3-1-4-11-25)41-26-12-5-2-6-13-26/h1-19,21,34,38H,20,22H2/b36-32-. The molecular formula is C34H26ClN2O4PS2. The van der Waals surface area contributed by atoms with Gasteiger partial charge in [-0.3, -0.25) is 0 Å². The van der Waals surface area contributed by atoms with Gasteiger partial charge in [-0.05, 0) is 65.0 Å². The lowest BCUT2D eigenvalue weighted by atomic mass is 9.90. The van der Waals surface area contributed by atoms with Crippen LogP contribution in [0.4, 0.5) is 0 Å². The van der Waals surface area contributed by atoms with Crippen molar-refractivity contribution in [2.24, 2.45) is 4.76 Å². The molecule has 3 heterocycles. The van der Waals surface area contributed by atoms with Gasteiger partial charge in [0.05, 0.1) is 17.6 Å². The van der Waals surface area contributed by atoms with Gasteiger partial charge in [-0.25, -0.2) is 4.57 Å². The number of para-hydroxylation sites is 2. The number of rotatable bonds is 8. The summed E-state index contributed by atoms with van der Waals surface area (Å²) in [5.41, 5.74) is 1.91. The van der Waals surface area contributed by atoms with Crippen molar-refractivity contribution < 1.29 is 18.7 Å². The van der Waals surface area contributed by atoms with Crippen LogP contribution in [-0.2, 0) is 17.5 Å². The van der Waals surface area contributed by atoms with Gasteiger partial charge in [-0.1, -0.05) is 78.3 Å². The van der Waals surface area contributed by atoms with Crippen molar-refractivity contribution in [2.45, 2.75) is 19.0 Å². The predicted molar refractivity (Wildman–Crippen MR) is 180 cm³/mol. The van der Waals surface area contributed by atoms with E-state index in [1.807, 2.05) is 47.8 Å². The predicted octanol–water partition coefficient (Wildman–Crippen LogP) is 10.1.